The zero-order valence-electron chi connectivity index (χ0n) is 12.7. The lowest BCUT2D eigenvalue weighted by atomic mass is 10.1. The molecule has 4 nitrogen and oxygen atoms in total. The van der Waals surface area contributed by atoms with E-state index in [-0.39, 0.29) is 11.9 Å². The third-order valence-corrected chi connectivity index (χ3v) is 3.58. The van der Waals surface area contributed by atoms with Crippen LogP contribution in [0.4, 0.5) is 0 Å². The number of hydrogen-bond acceptors (Lipinski definition) is 3. The zero-order chi connectivity index (χ0) is 16.1. The fourth-order valence-electron chi connectivity index (χ4n) is 2.12. The Morgan fingerprint density at radius 2 is 1.82 bits per heavy atom. The fourth-order valence-corrected chi connectivity index (χ4v) is 2.32. The monoisotopic (exact) mass is 319 g/mol. The maximum atomic E-state index is 12.3. The molecule has 5 heteroatoms. The molecule has 0 aromatic heterocycles. The van der Waals surface area contributed by atoms with Crippen molar-refractivity contribution in [1.29, 1.82) is 0 Å². The molecule has 0 saturated carbocycles. The van der Waals surface area contributed by atoms with E-state index in [0.717, 1.165) is 5.56 Å². The van der Waals surface area contributed by atoms with Crippen LogP contribution in [0.2, 0.25) is 5.02 Å². The second-order valence-electron chi connectivity index (χ2n) is 4.82. The van der Waals surface area contributed by atoms with Crippen molar-refractivity contribution in [2.24, 2.45) is 0 Å². The van der Waals surface area contributed by atoms with E-state index in [1.54, 1.807) is 31.4 Å². The number of carbonyl (C=O) groups is 1. The van der Waals surface area contributed by atoms with E-state index >= 15 is 0 Å². The molecule has 0 aliphatic heterocycles. The van der Waals surface area contributed by atoms with Gasteiger partial charge in [-0.25, -0.2) is 0 Å². The molecule has 116 valence electrons. The normalized spacial score (nSPS) is 11.6. The molecule has 2 aromatic carbocycles. The summed E-state index contributed by atoms with van der Waals surface area (Å²) in [5.41, 5.74) is 1.45. The minimum Gasteiger partial charge on any atom is -0.493 e. The van der Waals surface area contributed by atoms with Crippen molar-refractivity contribution in [2.45, 2.75) is 13.0 Å². The number of hydrogen-bond donors (Lipinski definition) is 1. The van der Waals surface area contributed by atoms with E-state index in [1.807, 2.05) is 25.1 Å². The van der Waals surface area contributed by atoms with Gasteiger partial charge in [0, 0.05) is 10.6 Å². The van der Waals surface area contributed by atoms with Crippen LogP contribution in [0.15, 0.2) is 42.5 Å². The first-order valence-corrected chi connectivity index (χ1v) is 7.21. The third-order valence-electron chi connectivity index (χ3n) is 3.34. The summed E-state index contributed by atoms with van der Waals surface area (Å²) in [5, 5.41) is 3.58. The Morgan fingerprint density at radius 3 is 2.45 bits per heavy atom. The highest BCUT2D eigenvalue weighted by molar-refractivity contribution is 6.30. The van der Waals surface area contributed by atoms with Crippen LogP contribution in [0, 0.1) is 0 Å². The molecular formula is C17H18ClNO3. The average molecular weight is 320 g/mol. The number of carbonyl (C=O) groups excluding carboxylic acids is 1. The van der Waals surface area contributed by atoms with Gasteiger partial charge in [-0.1, -0.05) is 23.7 Å². The summed E-state index contributed by atoms with van der Waals surface area (Å²) in [4.78, 5) is 12.3. The van der Waals surface area contributed by atoms with Gasteiger partial charge in [0.05, 0.1) is 20.3 Å². The van der Waals surface area contributed by atoms with E-state index < -0.39 is 0 Å². The largest absolute Gasteiger partial charge is 0.493 e. The fraction of sp³-hybridized carbons (Fsp3) is 0.235. The van der Waals surface area contributed by atoms with Gasteiger partial charge in [-0.2, -0.15) is 0 Å². The van der Waals surface area contributed by atoms with Gasteiger partial charge in [-0.05, 0) is 42.8 Å². The number of rotatable bonds is 5. The van der Waals surface area contributed by atoms with Gasteiger partial charge in [0.1, 0.15) is 0 Å². The summed E-state index contributed by atoms with van der Waals surface area (Å²) in [7, 11) is 3.09. The highest BCUT2D eigenvalue weighted by Gasteiger charge is 2.14. The Hall–Kier alpha value is -2.20. The molecule has 0 fully saturated rings. The van der Waals surface area contributed by atoms with Crippen molar-refractivity contribution in [3.8, 4) is 11.5 Å². The molecule has 0 unspecified atom stereocenters. The molecule has 2 rings (SSSR count). The van der Waals surface area contributed by atoms with Crippen LogP contribution in [-0.4, -0.2) is 20.1 Å². The highest BCUT2D eigenvalue weighted by atomic mass is 35.5. The second-order valence-corrected chi connectivity index (χ2v) is 5.26. The molecule has 0 aliphatic carbocycles. The summed E-state index contributed by atoms with van der Waals surface area (Å²) >= 11 is 5.97. The number of benzene rings is 2. The molecule has 1 N–H and O–H groups in total. The number of ether oxygens (including phenoxy) is 2. The molecule has 1 amide bonds. The number of nitrogens with one attached hydrogen (secondary N) is 1. The Morgan fingerprint density at radius 1 is 1.09 bits per heavy atom. The standard InChI is InChI=1S/C17H18ClNO3/c1-11(12-5-4-6-14(18)9-12)19-17(20)13-7-8-15(21-2)16(10-13)22-3/h4-11H,1-3H3,(H,19,20)/t11-/m0/s1. The molecule has 22 heavy (non-hydrogen) atoms. The molecule has 2 aromatic rings. The Labute approximate surface area is 135 Å². The number of methoxy groups -OCH3 is 2. The predicted molar refractivity (Wildman–Crippen MR) is 86.9 cm³/mol. The molecule has 0 aliphatic rings. The lowest BCUT2D eigenvalue weighted by Crippen LogP contribution is -2.26. The van der Waals surface area contributed by atoms with Crippen molar-refractivity contribution >= 4 is 17.5 Å². The molecule has 0 saturated heterocycles. The first-order chi connectivity index (χ1) is 10.5. The first kappa shape index (κ1) is 16.2. The van der Waals surface area contributed by atoms with Crippen LogP contribution in [0.5, 0.6) is 11.5 Å². The minimum atomic E-state index is -0.187. The summed E-state index contributed by atoms with van der Waals surface area (Å²) in [6, 6.07) is 12.3. The molecule has 0 spiro atoms. The van der Waals surface area contributed by atoms with E-state index in [2.05, 4.69) is 5.32 Å². The van der Waals surface area contributed by atoms with Crippen LogP contribution in [0.25, 0.3) is 0 Å². The Balaban J connectivity index is 2.15. The van der Waals surface area contributed by atoms with E-state index in [1.165, 1.54) is 7.11 Å². The molecule has 1 atom stereocenters. The quantitative estimate of drug-likeness (QED) is 0.910. The lowest BCUT2D eigenvalue weighted by molar-refractivity contribution is 0.0939. The predicted octanol–water partition coefficient (Wildman–Crippen LogP) is 3.85. The molecule has 0 heterocycles. The van der Waals surface area contributed by atoms with Crippen molar-refractivity contribution in [3.63, 3.8) is 0 Å². The smallest absolute Gasteiger partial charge is 0.251 e. The van der Waals surface area contributed by atoms with Crippen molar-refractivity contribution in [1.82, 2.24) is 5.32 Å². The maximum Gasteiger partial charge on any atom is 0.251 e. The van der Waals surface area contributed by atoms with Crippen LogP contribution in [0.3, 0.4) is 0 Å². The maximum absolute atomic E-state index is 12.3. The van der Waals surface area contributed by atoms with E-state index in [9.17, 15) is 4.79 Å². The van der Waals surface area contributed by atoms with Gasteiger partial charge in [0.25, 0.3) is 5.91 Å². The van der Waals surface area contributed by atoms with Crippen molar-refractivity contribution in [3.05, 3.63) is 58.6 Å². The zero-order valence-corrected chi connectivity index (χ0v) is 13.5. The van der Waals surface area contributed by atoms with Crippen LogP contribution in [-0.2, 0) is 0 Å². The summed E-state index contributed by atoms with van der Waals surface area (Å²) in [5.74, 6) is 0.918. The Bertz CT molecular complexity index is 673. The van der Waals surface area contributed by atoms with Gasteiger partial charge in [-0.15, -0.1) is 0 Å². The highest BCUT2D eigenvalue weighted by Crippen LogP contribution is 2.27. The minimum absolute atomic E-state index is 0.153. The van der Waals surface area contributed by atoms with Gasteiger partial charge in [-0.3, -0.25) is 4.79 Å². The summed E-state index contributed by atoms with van der Waals surface area (Å²) in [6.07, 6.45) is 0. The number of halogens is 1. The van der Waals surface area contributed by atoms with Crippen LogP contribution in [0.1, 0.15) is 28.9 Å². The first-order valence-electron chi connectivity index (χ1n) is 6.83. The molecule has 0 bridgehead atoms. The molecule has 0 radical (unpaired) electrons. The summed E-state index contributed by atoms with van der Waals surface area (Å²) in [6.45, 7) is 1.91. The van der Waals surface area contributed by atoms with Crippen molar-refractivity contribution in [2.75, 3.05) is 14.2 Å². The lowest BCUT2D eigenvalue weighted by Gasteiger charge is -2.15. The number of amides is 1. The molecular weight excluding hydrogens is 302 g/mol. The Kier molecular flexibility index (Phi) is 5.28. The van der Waals surface area contributed by atoms with E-state index in [4.69, 9.17) is 21.1 Å². The SMILES string of the molecule is COc1ccc(C(=O)N[C@@H](C)c2cccc(Cl)c2)cc1OC. The third kappa shape index (κ3) is 3.71. The van der Waals surface area contributed by atoms with Crippen LogP contribution < -0.4 is 14.8 Å². The average Bonchev–Trinajstić information content (AvgIpc) is 2.54. The van der Waals surface area contributed by atoms with Gasteiger partial charge in [0.15, 0.2) is 11.5 Å². The topological polar surface area (TPSA) is 47.6 Å². The van der Waals surface area contributed by atoms with E-state index in [0.29, 0.717) is 22.1 Å². The van der Waals surface area contributed by atoms with Crippen molar-refractivity contribution < 1.29 is 14.3 Å². The van der Waals surface area contributed by atoms with Crippen LogP contribution >= 0.6 is 11.6 Å². The van der Waals surface area contributed by atoms with Gasteiger partial charge in [0.2, 0.25) is 0 Å². The summed E-state index contributed by atoms with van der Waals surface area (Å²) < 4.78 is 10.4. The van der Waals surface area contributed by atoms with Gasteiger partial charge < -0.3 is 14.8 Å². The second kappa shape index (κ2) is 7.18. The van der Waals surface area contributed by atoms with Gasteiger partial charge >= 0.3 is 0 Å².